The Bertz CT molecular complexity index is 983. The molecule has 1 amide bonds. The van der Waals surface area contributed by atoms with Crippen LogP contribution >= 0.6 is 0 Å². The standard InChI is InChI=1S/C22H26F2N2O5/c1-11-17(14-5-6-15(23)18(24)19(14)30-4)20(31-22(11,2)3)21(29)26-13-7-12(9-27)16(10-28)25-8-13/h5-8,11,17,20,27-28H,9-10H2,1-4H3,(H,26,29)/t11-,17-,20+/m0/s1. The molecule has 2 heterocycles. The van der Waals surface area contributed by atoms with Gasteiger partial charge in [0, 0.05) is 17.0 Å². The van der Waals surface area contributed by atoms with Crippen LogP contribution in [0.25, 0.3) is 0 Å². The van der Waals surface area contributed by atoms with Crippen LogP contribution in [0.3, 0.4) is 0 Å². The number of carbonyl (C=O) groups excluding carboxylic acids is 1. The van der Waals surface area contributed by atoms with Crippen molar-refractivity contribution in [3.05, 3.63) is 52.9 Å². The number of methoxy groups -OCH3 is 1. The molecule has 0 unspecified atom stereocenters. The van der Waals surface area contributed by atoms with Gasteiger partial charge in [-0.05, 0) is 31.9 Å². The molecule has 0 saturated carbocycles. The van der Waals surface area contributed by atoms with Gasteiger partial charge in [0.2, 0.25) is 5.82 Å². The van der Waals surface area contributed by atoms with E-state index in [0.29, 0.717) is 22.5 Å². The zero-order valence-corrected chi connectivity index (χ0v) is 17.8. The Morgan fingerprint density at radius 1 is 1.29 bits per heavy atom. The molecule has 0 bridgehead atoms. The van der Waals surface area contributed by atoms with Gasteiger partial charge in [-0.15, -0.1) is 0 Å². The first-order valence-electron chi connectivity index (χ1n) is 9.84. The number of anilines is 1. The van der Waals surface area contributed by atoms with Gasteiger partial charge >= 0.3 is 0 Å². The molecule has 0 aliphatic carbocycles. The first-order valence-corrected chi connectivity index (χ1v) is 9.84. The van der Waals surface area contributed by atoms with Crippen LogP contribution in [-0.2, 0) is 22.7 Å². The van der Waals surface area contributed by atoms with E-state index in [9.17, 15) is 23.8 Å². The highest BCUT2D eigenvalue weighted by atomic mass is 19.2. The highest BCUT2D eigenvalue weighted by molar-refractivity contribution is 5.95. The fourth-order valence-electron chi connectivity index (χ4n) is 3.97. The predicted octanol–water partition coefficient (Wildman–Crippen LogP) is 2.89. The van der Waals surface area contributed by atoms with Gasteiger partial charge in [0.25, 0.3) is 5.91 Å². The number of nitrogens with zero attached hydrogens (tertiary/aromatic N) is 1. The molecule has 3 rings (SSSR count). The van der Waals surface area contributed by atoms with Crippen molar-refractivity contribution in [2.45, 2.75) is 51.6 Å². The van der Waals surface area contributed by atoms with E-state index < -0.39 is 35.2 Å². The van der Waals surface area contributed by atoms with E-state index in [1.807, 2.05) is 20.8 Å². The summed E-state index contributed by atoms with van der Waals surface area (Å²) in [5.74, 6) is -3.76. The van der Waals surface area contributed by atoms with Crippen molar-refractivity contribution in [2.75, 3.05) is 12.4 Å². The number of carbonyl (C=O) groups is 1. The number of rotatable bonds is 6. The Labute approximate surface area is 179 Å². The van der Waals surface area contributed by atoms with Crippen LogP contribution in [0.4, 0.5) is 14.5 Å². The second kappa shape index (κ2) is 8.86. The van der Waals surface area contributed by atoms with Crippen LogP contribution in [0.15, 0.2) is 24.4 Å². The molecule has 0 spiro atoms. The second-order valence-electron chi connectivity index (χ2n) is 8.08. The summed E-state index contributed by atoms with van der Waals surface area (Å²) in [4.78, 5) is 17.2. The molecule has 1 fully saturated rings. The Morgan fingerprint density at radius 3 is 2.61 bits per heavy atom. The summed E-state index contributed by atoms with van der Waals surface area (Å²) < 4.78 is 39.3. The molecule has 0 radical (unpaired) electrons. The molecular formula is C22H26F2N2O5. The molecule has 1 aliphatic rings. The van der Waals surface area contributed by atoms with Crippen LogP contribution in [0.1, 0.15) is 43.5 Å². The maximum Gasteiger partial charge on any atom is 0.254 e. The predicted molar refractivity (Wildman–Crippen MR) is 108 cm³/mol. The third kappa shape index (κ3) is 4.26. The monoisotopic (exact) mass is 436 g/mol. The van der Waals surface area contributed by atoms with Gasteiger partial charge in [0.05, 0.1) is 43.5 Å². The average Bonchev–Trinajstić information content (AvgIpc) is 2.99. The van der Waals surface area contributed by atoms with Crippen LogP contribution < -0.4 is 10.1 Å². The van der Waals surface area contributed by atoms with Gasteiger partial charge in [-0.1, -0.05) is 13.0 Å². The van der Waals surface area contributed by atoms with E-state index in [4.69, 9.17) is 9.47 Å². The van der Waals surface area contributed by atoms with Gasteiger partial charge in [0.1, 0.15) is 6.10 Å². The molecule has 168 valence electrons. The molecule has 2 aromatic rings. The highest BCUT2D eigenvalue weighted by Gasteiger charge is 2.51. The fraction of sp³-hybridized carbons (Fsp3) is 0.455. The smallest absolute Gasteiger partial charge is 0.254 e. The number of hydrogen-bond acceptors (Lipinski definition) is 6. The minimum atomic E-state index is -1.12. The summed E-state index contributed by atoms with van der Waals surface area (Å²) in [6, 6.07) is 3.92. The fourth-order valence-corrected chi connectivity index (χ4v) is 3.97. The lowest BCUT2D eigenvalue weighted by Crippen LogP contribution is -2.33. The van der Waals surface area contributed by atoms with Crippen molar-refractivity contribution < 1.29 is 33.3 Å². The maximum atomic E-state index is 14.4. The van der Waals surface area contributed by atoms with Crippen molar-refractivity contribution in [3.63, 3.8) is 0 Å². The zero-order valence-electron chi connectivity index (χ0n) is 17.8. The van der Waals surface area contributed by atoms with Gasteiger partial charge < -0.3 is 25.0 Å². The molecular weight excluding hydrogens is 410 g/mol. The molecule has 7 nitrogen and oxygen atoms in total. The molecule has 1 aromatic carbocycles. The number of pyridine rings is 1. The number of aliphatic hydroxyl groups excluding tert-OH is 2. The number of benzene rings is 1. The molecule has 3 N–H and O–H groups in total. The van der Waals surface area contributed by atoms with E-state index in [-0.39, 0.29) is 24.9 Å². The van der Waals surface area contributed by atoms with E-state index in [2.05, 4.69) is 10.3 Å². The van der Waals surface area contributed by atoms with Crippen molar-refractivity contribution in [1.82, 2.24) is 4.98 Å². The summed E-state index contributed by atoms with van der Waals surface area (Å²) in [5, 5.41) is 21.4. The number of aromatic nitrogens is 1. The highest BCUT2D eigenvalue weighted by Crippen LogP contribution is 2.49. The van der Waals surface area contributed by atoms with E-state index in [1.165, 1.54) is 25.4 Å². The molecule has 1 aromatic heterocycles. The SMILES string of the molecule is COc1c([C@H]2[C@H](C(=O)Nc3cnc(CO)c(CO)c3)OC(C)(C)[C@H]2C)ccc(F)c1F. The number of halogens is 2. The number of nitrogens with one attached hydrogen (secondary N) is 1. The lowest BCUT2D eigenvalue weighted by atomic mass is 9.78. The summed E-state index contributed by atoms with van der Waals surface area (Å²) in [5.41, 5.74) is 0.599. The van der Waals surface area contributed by atoms with E-state index in [1.54, 1.807) is 0 Å². The molecule has 1 aliphatic heterocycles. The van der Waals surface area contributed by atoms with Crippen molar-refractivity contribution in [2.24, 2.45) is 5.92 Å². The van der Waals surface area contributed by atoms with Crippen LogP contribution in [-0.4, -0.2) is 39.9 Å². The summed E-state index contributed by atoms with van der Waals surface area (Å²) in [7, 11) is 1.24. The number of hydrogen-bond donors (Lipinski definition) is 3. The third-order valence-electron chi connectivity index (χ3n) is 5.94. The average molecular weight is 436 g/mol. The largest absolute Gasteiger partial charge is 0.493 e. The van der Waals surface area contributed by atoms with Crippen LogP contribution in [0.5, 0.6) is 5.75 Å². The first-order chi connectivity index (χ1) is 14.6. The number of aliphatic hydroxyl groups is 2. The van der Waals surface area contributed by atoms with Gasteiger partial charge in [-0.3, -0.25) is 9.78 Å². The Kier molecular flexibility index (Phi) is 6.59. The van der Waals surface area contributed by atoms with Crippen molar-refractivity contribution >= 4 is 11.6 Å². The van der Waals surface area contributed by atoms with Crippen LogP contribution in [0, 0.1) is 17.6 Å². The lowest BCUT2D eigenvalue weighted by molar-refractivity contribution is -0.131. The van der Waals surface area contributed by atoms with Crippen molar-refractivity contribution in [1.29, 1.82) is 0 Å². The Hall–Kier alpha value is -2.62. The Morgan fingerprint density at radius 2 is 2.00 bits per heavy atom. The van der Waals surface area contributed by atoms with Gasteiger partial charge in [-0.25, -0.2) is 4.39 Å². The molecule has 3 atom stereocenters. The zero-order chi connectivity index (χ0) is 22.9. The van der Waals surface area contributed by atoms with Gasteiger partial charge in [0.15, 0.2) is 11.6 Å². The second-order valence-corrected chi connectivity index (χ2v) is 8.08. The number of amides is 1. The Balaban J connectivity index is 1.97. The van der Waals surface area contributed by atoms with E-state index >= 15 is 0 Å². The third-order valence-corrected chi connectivity index (χ3v) is 5.94. The topological polar surface area (TPSA) is 101 Å². The molecule has 9 heteroatoms. The normalized spacial score (nSPS) is 22.4. The molecule has 31 heavy (non-hydrogen) atoms. The summed E-state index contributed by atoms with van der Waals surface area (Å²) >= 11 is 0. The lowest BCUT2D eigenvalue weighted by Gasteiger charge is -2.25. The van der Waals surface area contributed by atoms with Crippen LogP contribution in [0.2, 0.25) is 0 Å². The van der Waals surface area contributed by atoms with Crippen molar-refractivity contribution in [3.8, 4) is 5.75 Å². The van der Waals surface area contributed by atoms with E-state index in [0.717, 1.165) is 6.07 Å². The minimum Gasteiger partial charge on any atom is -0.493 e. The minimum absolute atomic E-state index is 0.232. The summed E-state index contributed by atoms with van der Waals surface area (Å²) in [6.07, 6.45) is 0.345. The summed E-state index contributed by atoms with van der Waals surface area (Å²) in [6.45, 7) is 4.82. The maximum absolute atomic E-state index is 14.4. The van der Waals surface area contributed by atoms with Gasteiger partial charge in [-0.2, -0.15) is 4.39 Å². The molecule has 1 saturated heterocycles. The number of ether oxygens (including phenoxy) is 2. The quantitative estimate of drug-likeness (QED) is 0.644. The first kappa shape index (κ1) is 23.1.